The highest BCUT2D eigenvalue weighted by Crippen LogP contribution is 2.28. The molecule has 1 unspecified atom stereocenters. The van der Waals surface area contributed by atoms with Crippen LogP contribution >= 0.6 is 11.3 Å². The van der Waals surface area contributed by atoms with Crippen molar-refractivity contribution in [3.63, 3.8) is 0 Å². The van der Waals surface area contributed by atoms with E-state index in [1.165, 1.54) is 29.7 Å². The molecule has 0 aliphatic heterocycles. The number of rotatable bonds is 1. The molecule has 1 aromatic heterocycles. The molecule has 0 aromatic carbocycles. The molecule has 0 radical (unpaired) electrons. The molecule has 0 amide bonds. The molecule has 2 N–H and O–H groups in total. The topological polar surface area (TPSA) is 26.0 Å². The molecule has 2 rings (SSSR count). The fourth-order valence-corrected chi connectivity index (χ4v) is 2.57. The molecule has 2 heteroatoms. The van der Waals surface area contributed by atoms with Crippen LogP contribution in [0.2, 0.25) is 0 Å². The molecule has 0 fully saturated rings. The van der Waals surface area contributed by atoms with E-state index in [0.717, 1.165) is 6.42 Å². The summed E-state index contributed by atoms with van der Waals surface area (Å²) < 4.78 is 0. The molecular formula is C11H15NS. The van der Waals surface area contributed by atoms with Crippen LogP contribution in [-0.4, -0.2) is 6.04 Å². The Labute approximate surface area is 83.3 Å². The monoisotopic (exact) mass is 193 g/mol. The van der Waals surface area contributed by atoms with Gasteiger partial charge in [-0.05, 0) is 36.3 Å². The molecule has 70 valence electrons. The van der Waals surface area contributed by atoms with Crippen LogP contribution in [0.25, 0.3) is 5.57 Å². The lowest BCUT2D eigenvalue weighted by molar-refractivity contribution is 0.658. The number of thiophene rings is 1. The SMILES string of the molecule is NC1C=C(c2cccs2)CCCC1. The molecule has 1 aliphatic rings. The fraction of sp³-hybridized carbons (Fsp3) is 0.455. The van der Waals surface area contributed by atoms with Crippen LogP contribution in [0.1, 0.15) is 30.6 Å². The van der Waals surface area contributed by atoms with Gasteiger partial charge in [0.15, 0.2) is 0 Å². The minimum atomic E-state index is 0.277. The van der Waals surface area contributed by atoms with Crippen LogP contribution in [0.4, 0.5) is 0 Å². The summed E-state index contributed by atoms with van der Waals surface area (Å²) in [4.78, 5) is 1.40. The summed E-state index contributed by atoms with van der Waals surface area (Å²) in [7, 11) is 0. The second-order valence-electron chi connectivity index (χ2n) is 3.58. The smallest absolute Gasteiger partial charge is 0.0299 e. The number of hydrogen-bond acceptors (Lipinski definition) is 2. The Bertz CT molecular complexity index is 287. The van der Waals surface area contributed by atoms with E-state index < -0.39 is 0 Å². The second-order valence-corrected chi connectivity index (χ2v) is 4.53. The molecular weight excluding hydrogens is 178 g/mol. The van der Waals surface area contributed by atoms with Crippen molar-refractivity contribution in [3.8, 4) is 0 Å². The van der Waals surface area contributed by atoms with E-state index in [2.05, 4.69) is 23.6 Å². The quantitative estimate of drug-likeness (QED) is 0.729. The molecule has 1 nitrogen and oxygen atoms in total. The van der Waals surface area contributed by atoms with E-state index in [4.69, 9.17) is 5.73 Å². The van der Waals surface area contributed by atoms with Crippen LogP contribution < -0.4 is 5.73 Å². The first-order valence-electron chi connectivity index (χ1n) is 4.86. The third-order valence-electron chi connectivity index (χ3n) is 2.49. The summed E-state index contributed by atoms with van der Waals surface area (Å²) in [5, 5.41) is 2.13. The maximum Gasteiger partial charge on any atom is 0.0299 e. The van der Waals surface area contributed by atoms with Gasteiger partial charge >= 0.3 is 0 Å². The van der Waals surface area contributed by atoms with Crippen LogP contribution in [0.5, 0.6) is 0 Å². The Morgan fingerprint density at radius 3 is 3.08 bits per heavy atom. The maximum atomic E-state index is 5.96. The zero-order valence-electron chi connectivity index (χ0n) is 7.70. The highest BCUT2D eigenvalue weighted by atomic mass is 32.1. The van der Waals surface area contributed by atoms with E-state index in [-0.39, 0.29) is 6.04 Å². The van der Waals surface area contributed by atoms with Crippen molar-refractivity contribution < 1.29 is 0 Å². The molecule has 0 saturated heterocycles. The van der Waals surface area contributed by atoms with Gasteiger partial charge in [-0.2, -0.15) is 0 Å². The van der Waals surface area contributed by atoms with Crippen molar-refractivity contribution in [3.05, 3.63) is 28.5 Å². The van der Waals surface area contributed by atoms with Gasteiger partial charge in [0.05, 0.1) is 0 Å². The zero-order chi connectivity index (χ0) is 9.10. The lowest BCUT2D eigenvalue weighted by Crippen LogP contribution is -2.15. The molecule has 13 heavy (non-hydrogen) atoms. The van der Waals surface area contributed by atoms with Crippen molar-refractivity contribution in [1.82, 2.24) is 0 Å². The van der Waals surface area contributed by atoms with Crippen LogP contribution in [0.3, 0.4) is 0 Å². The summed E-state index contributed by atoms with van der Waals surface area (Å²) >= 11 is 1.82. The van der Waals surface area contributed by atoms with E-state index >= 15 is 0 Å². The number of hydrogen-bond donors (Lipinski definition) is 1. The van der Waals surface area contributed by atoms with Crippen LogP contribution in [0.15, 0.2) is 23.6 Å². The minimum Gasteiger partial charge on any atom is -0.324 e. The normalized spacial score (nSPS) is 23.8. The second kappa shape index (κ2) is 4.07. The average molecular weight is 193 g/mol. The number of nitrogens with two attached hydrogens (primary N) is 1. The van der Waals surface area contributed by atoms with Gasteiger partial charge in [-0.1, -0.05) is 18.6 Å². The van der Waals surface area contributed by atoms with E-state index in [0.29, 0.717) is 0 Å². The third kappa shape index (κ3) is 2.20. The Hall–Kier alpha value is -0.600. The molecule has 0 bridgehead atoms. The van der Waals surface area contributed by atoms with E-state index in [1.807, 2.05) is 11.3 Å². The molecule has 1 atom stereocenters. The first-order valence-corrected chi connectivity index (χ1v) is 5.74. The summed E-state index contributed by atoms with van der Waals surface area (Å²) in [6.45, 7) is 0. The first kappa shape index (κ1) is 8.97. The van der Waals surface area contributed by atoms with Gasteiger partial charge in [-0.15, -0.1) is 11.3 Å². The summed E-state index contributed by atoms with van der Waals surface area (Å²) in [6, 6.07) is 4.57. The molecule has 1 heterocycles. The highest BCUT2D eigenvalue weighted by Gasteiger charge is 2.10. The predicted molar refractivity (Wildman–Crippen MR) is 58.7 cm³/mol. The minimum absolute atomic E-state index is 0.277. The van der Waals surface area contributed by atoms with E-state index in [9.17, 15) is 0 Å². The standard InChI is InChI=1S/C11H15NS/c12-10-5-2-1-4-9(8-10)11-6-3-7-13-11/h3,6-8,10H,1-2,4-5,12H2. The molecule has 0 spiro atoms. The van der Waals surface area contributed by atoms with Gasteiger partial charge < -0.3 is 5.73 Å². The Morgan fingerprint density at radius 2 is 2.31 bits per heavy atom. The Balaban J connectivity index is 2.21. The van der Waals surface area contributed by atoms with Gasteiger partial charge in [-0.25, -0.2) is 0 Å². The average Bonchev–Trinajstić information content (AvgIpc) is 2.56. The van der Waals surface area contributed by atoms with Crippen molar-refractivity contribution >= 4 is 16.9 Å². The van der Waals surface area contributed by atoms with Crippen molar-refractivity contribution in [2.45, 2.75) is 31.7 Å². The largest absolute Gasteiger partial charge is 0.324 e. The summed E-state index contributed by atoms with van der Waals surface area (Å²) in [6.07, 6.45) is 7.16. The fourth-order valence-electron chi connectivity index (χ4n) is 1.79. The van der Waals surface area contributed by atoms with Gasteiger partial charge in [0, 0.05) is 10.9 Å². The van der Waals surface area contributed by atoms with Crippen molar-refractivity contribution in [2.24, 2.45) is 5.73 Å². The summed E-state index contributed by atoms with van der Waals surface area (Å²) in [5.74, 6) is 0. The van der Waals surface area contributed by atoms with Crippen LogP contribution in [0, 0.1) is 0 Å². The van der Waals surface area contributed by atoms with Crippen molar-refractivity contribution in [1.29, 1.82) is 0 Å². The van der Waals surface area contributed by atoms with Crippen LogP contribution in [-0.2, 0) is 0 Å². The molecule has 1 aliphatic carbocycles. The number of allylic oxidation sites excluding steroid dienone is 1. The van der Waals surface area contributed by atoms with Crippen molar-refractivity contribution in [2.75, 3.05) is 0 Å². The Kier molecular flexibility index (Phi) is 2.81. The third-order valence-corrected chi connectivity index (χ3v) is 3.43. The highest BCUT2D eigenvalue weighted by molar-refractivity contribution is 7.11. The summed E-state index contributed by atoms with van der Waals surface area (Å²) in [5.41, 5.74) is 7.42. The molecule has 1 aromatic rings. The predicted octanol–water partition coefficient (Wildman–Crippen LogP) is 3.03. The van der Waals surface area contributed by atoms with Gasteiger partial charge in [-0.3, -0.25) is 0 Å². The van der Waals surface area contributed by atoms with E-state index in [1.54, 1.807) is 0 Å². The lowest BCUT2D eigenvalue weighted by Gasteiger charge is -2.03. The molecule has 0 saturated carbocycles. The first-order chi connectivity index (χ1) is 6.36. The Morgan fingerprint density at radius 1 is 1.38 bits per heavy atom. The zero-order valence-corrected chi connectivity index (χ0v) is 8.52. The van der Waals surface area contributed by atoms with Gasteiger partial charge in [0.1, 0.15) is 0 Å². The van der Waals surface area contributed by atoms with Gasteiger partial charge in [0.2, 0.25) is 0 Å². The lowest BCUT2D eigenvalue weighted by atomic mass is 10.1. The van der Waals surface area contributed by atoms with Gasteiger partial charge in [0.25, 0.3) is 0 Å². The maximum absolute atomic E-state index is 5.96.